The number of rotatable bonds is 6. The van der Waals surface area contributed by atoms with Crippen LogP contribution in [-0.4, -0.2) is 38.5 Å². The third-order valence-corrected chi connectivity index (χ3v) is 2.47. The zero-order chi connectivity index (χ0) is 13.5. The molecule has 0 unspecified atom stereocenters. The summed E-state index contributed by atoms with van der Waals surface area (Å²) in [6.07, 6.45) is 0.414. The maximum atomic E-state index is 11.8. The Kier molecular flexibility index (Phi) is 5.45. The molecule has 0 saturated heterocycles. The van der Waals surface area contributed by atoms with E-state index >= 15 is 0 Å². The van der Waals surface area contributed by atoms with E-state index in [0.717, 1.165) is 5.56 Å². The second-order valence-electron chi connectivity index (χ2n) is 3.74. The lowest BCUT2D eigenvalue weighted by atomic mass is 10.1. The average molecular weight is 254 g/mol. The maximum Gasteiger partial charge on any atom is 0.342 e. The summed E-state index contributed by atoms with van der Waals surface area (Å²) in [5.74, 6) is 0.561. The number of aliphatic hydroxyl groups excluding tert-OH is 1. The van der Waals surface area contributed by atoms with Gasteiger partial charge in [0.1, 0.15) is 17.1 Å². The van der Waals surface area contributed by atoms with E-state index in [1.807, 2.05) is 6.92 Å². The number of carbonyl (C=O) groups excluding carboxylic acids is 1. The summed E-state index contributed by atoms with van der Waals surface area (Å²) in [6, 6.07) is 3.32. The quantitative estimate of drug-likeness (QED) is 0.616. The molecule has 0 heterocycles. The van der Waals surface area contributed by atoms with Crippen molar-refractivity contribution < 1.29 is 24.1 Å². The van der Waals surface area contributed by atoms with Crippen molar-refractivity contribution in [1.29, 1.82) is 0 Å². The Morgan fingerprint density at radius 2 is 1.89 bits per heavy atom. The third kappa shape index (κ3) is 3.37. The second kappa shape index (κ2) is 6.86. The van der Waals surface area contributed by atoms with Gasteiger partial charge in [-0.2, -0.15) is 0 Å². The number of ether oxygens (including phenoxy) is 3. The molecule has 1 aromatic rings. The first kappa shape index (κ1) is 14.3. The number of esters is 1. The summed E-state index contributed by atoms with van der Waals surface area (Å²) in [5, 5.41) is 8.63. The van der Waals surface area contributed by atoms with Crippen LogP contribution in [0.5, 0.6) is 11.5 Å². The second-order valence-corrected chi connectivity index (χ2v) is 3.74. The van der Waals surface area contributed by atoms with Gasteiger partial charge in [-0.15, -0.1) is 0 Å². The number of benzene rings is 1. The van der Waals surface area contributed by atoms with Crippen LogP contribution >= 0.6 is 0 Å². The van der Waals surface area contributed by atoms with Gasteiger partial charge in [-0.3, -0.25) is 0 Å². The van der Waals surface area contributed by atoms with Crippen molar-refractivity contribution in [3.63, 3.8) is 0 Å². The lowest BCUT2D eigenvalue weighted by Crippen LogP contribution is -2.09. The summed E-state index contributed by atoms with van der Waals surface area (Å²) < 4.78 is 15.3. The van der Waals surface area contributed by atoms with Gasteiger partial charge in [-0.1, -0.05) is 0 Å². The van der Waals surface area contributed by atoms with Gasteiger partial charge in [0.05, 0.1) is 20.8 Å². The van der Waals surface area contributed by atoms with Gasteiger partial charge < -0.3 is 19.3 Å². The summed E-state index contributed by atoms with van der Waals surface area (Å²) in [6.45, 7) is 2.03. The standard InChI is InChI=1S/C13H18O5/c1-9-7-12(17-3)10(8-11(9)16-2)13(15)18-6-4-5-14/h7-8,14H,4-6H2,1-3H3. The van der Waals surface area contributed by atoms with E-state index in [0.29, 0.717) is 23.5 Å². The van der Waals surface area contributed by atoms with Crippen molar-refractivity contribution in [2.45, 2.75) is 13.3 Å². The van der Waals surface area contributed by atoms with Crippen LogP contribution in [0.25, 0.3) is 0 Å². The summed E-state index contributed by atoms with van der Waals surface area (Å²) >= 11 is 0. The predicted octanol–water partition coefficient (Wildman–Crippen LogP) is 1.55. The molecule has 0 bridgehead atoms. The lowest BCUT2D eigenvalue weighted by molar-refractivity contribution is 0.0478. The van der Waals surface area contributed by atoms with Crippen LogP contribution in [0, 0.1) is 6.92 Å². The molecule has 100 valence electrons. The molecule has 1 rings (SSSR count). The molecule has 0 saturated carbocycles. The van der Waals surface area contributed by atoms with Crippen molar-refractivity contribution in [2.24, 2.45) is 0 Å². The van der Waals surface area contributed by atoms with Crippen LogP contribution in [0.4, 0.5) is 0 Å². The molecule has 0 radical (unpaired) electrons. The molecule has 0 aliphatic rings. The Balaban J connectivity index is 2.94. The van der Waals surface area contributed by atoms with E-state index in [9.17, 15) is 4.79 Å². The smallest absolute Gasteiger partial charge is 0.342 e. The molecular weight excluding hydrogens is 236 g/mol. The molecule has 5 nitrogen and oxygen atoms in total. The van der Waals surface area contributed by atoms with Crippen LogP contribution in [0.15, 0.2) is 12.1 Å². The molecule has 0 aliphatic carbocycles. The topological polar surface area (TPSA) is 65.0 Å². The first-order chi connectivity index (χ1) is 8.63. The van der Waals surface area contributed by atoms with E-state index in [1.54, 1.807) is 12.1 Å². The fourth-order valence-electron chi connectivity index (χ4n) is 1.52. The molecule has 0 aliphatic heterocycles. The van der Waals surface area contributed by atoms with Gasteiger partial charge in [0, 0.05) is 13.0 Å². The fourth-order valence-corrected chi connectivity index (χ4v) is 1.52. The highest BCUT2D eigenvalue weighted by molar-refractivity contribution is 5.93. The number of carbonyl (C=O) groups is 1. The molecule has 0 aromatic heterocycles. The minimum Gasteiger partial charge on any atom is -0.496 e. The summed E-state index contributed by atoms with van der Waals surface area (Å²) in [4.78, 5) is 11.8. The van der Waals surface area contributed by atoms with Gasteiger partial charge >= 0.3 is 5.97 Å². The maximum absolute atomic E-state index is 11.8. The van der Waals surface area contributed by atoms with Gasteiger partial charge in [-0.05, 0) is 24.6 Å². The first-order valence-electron chi connectivity index (χ1n) is 5.64. The molecule has 0 amide bonds. The van der Waals surface area contributed by atoms with E-state index in [4.69, 9.17) is 19.3 Å². The molecular formula is C13H18O5. The molecule has 5 heteroatoms. The summed E-state index contributed by atoms with van der Waals surface area (Å²) in [7, 11) is 3.03. The molecule has 0 spiro atoms. The van der Waals surface area contributed by atoms with Crippen LogP contribution in [0.2, 0.25) is 0 Å². The van der Waals surface area contributed by atoms with E-state index in [-0.39, 0.29) is 13.2 Å². The van der Waals surface area contributed by atoms with Crippen molar-refractivity contribution in [1.82, 2.24) is 0 Å². The Labute approximate surface area is 106 Å². The Morgan fingerprint density at radius 1 is 1.22 bits per heavy atom. The Morgan fingerprint density at radius 3 is 2.44 bits per heavy atom. The monoisotopic (exact) mass is 254 g/mol. The van der Waals surface area contributed by atoms with E-state index in [1.165, 1.54) is 14.2 Å². The molecule has 1 aromatic carbocycles. The summed E-state index contributed by atoms with van der Waals surface area (Å²) in [5.41, 5.74) is 1.19. The van der Waals surface area contributed by atoms with E-state index in [2.05, 4.69) is 0 Å². The predicted molar refractivity (Wildman–Crippen MR) is 66.3 cm³/mol. The Bertz CT molecular complexity index is 414. The molecule has 0 atom stereocenters. The molecule has 18 heavy (non-hydrogen) atoms. The molecule has 0 fully saturated rings. The third-order valence-electron chi connectivity index (χ3n) is 2.47. The van der Waals surface area contributed by atoms with Crippen molar-refractivity contribution in [3.8, 4) is 11.5 Å². The minimum absolute atomic E-state index is 0.0123. The first-order valence-corrected chi connectivity index (χ1v) is 5.64. The SMILES string of the molecule is COc1cc(C(=O)OCCCO)c(OC)cc1C. The van der Waals surface area contributed by atoms with Crippen LogP contribution in [0.3, 0.4) is 0 Å². The zero-order valence-electron chi connectivity index (χ0n) is 10.9. The highest BCUT2D eigenvalue weighted by Gasteiger charge is 2.16. The number of aliphatic hydroxyl groups is 1. The van der Waals surface area contributed by atoms with Gasteiger partial charge in [-0.25, -0.2) is 4.79 Å². The number of methoxy groups -OCH3 is 2. The van der Waals surface area contributed by atoms with Crippen molar-refractivity contribution in [3.05, 3.63) is 23.3 Å². The number of aryl methyl sites for hydroxylation is 1. The van der Waals surface area contributed by atoms with Gasteiger partial charge in [0.25, 0.3) is 0 Å². The van der Waals surface area contributed by atoms with Crippen molar-refractivity contribution in [2.75, 3.05) is 27.4 Å². The fraction of sp³-hybridized carbons (Fsp3) is 0.462. The lowest BCUT2D eigenvalue weighted by Gasteiger charge is -2.12. The van der Waals surface area contributed by atoms with Gasteiger partial charge in [0.2, 0.25) is 0 Å². The van der Waals surface area contributed by atoms with Crippen LogP contribution in [-0.2, 0) is 4.74 Å². The minimum atomic E-state index is -0.487. The number of hydrogen-bond donors (Lipinski definition) is 1. The highest BCUT2D eigenvalue weighted by atomic mass is 16.5. The van der Waals surface area contributed by atoms with Crippen LogP contribution in [0.1, 0.15) is 22.3 Å². The van der Waals surface area contributed by atoms with Gasteiger partial charge in [0.15, 0.2) is 0 Å². The molecule has 1 N–H and O–H groups in total. The Hall–Kier alpha value is -1.75. The van der Waals surface area contributed by atoms with Crippen LogP contribution < -0.4 is 9.47 Å². The van der Waals surface area contributed by atoms with E-state index < -0.39 is 5.97 Å². The zero-order valence-corrected chi connectivity index (χ0v) is 10.9. The normalized spacial score (nSPS) is 10.0. The number of hydrogen-bond acceptors (Lipinski definition) is 5. The average Bonchev–Trinajstić information content (AvgIpc) is 2.38. The highest BCUT2D eigenvalue weighted by Crippen LogP contribution is 2.28. The van der Waals surface area contributed by atoms with Crippen molar-refractivity contribution >= 4 is 5.97 Å². The largest absolute Gasteiger partial charge is 0.496 e.